The van der Waals surface area contributed by atoms with E-state index in [9.17, 15) is 0 Å². The minimum Gasteiger partial charge on any atom is -0.0988 e. The van der Waals surface area contributed by atoms with Gasteiger partial charge in [-0.2, -0.15) is 0 Å². The fourth-order valence-electron chi connectivity index (χ4n) is 6.12. The average molecular weight is 545 g/mol. The number of allylic oxidation sites excluding steroid dienone is 5. The zero-order valence-corrected chi connectivity index (χ0v) is 27.1. The Hall–Kier alpha value is -3.12. The van der Waals surface area contributed by atoms with Crippen molar-refractivity contribution in [3.8, 4) is 11.1 Å². The Bertz CT molecular complexity index is 1440. The standard InChI is InChI=1S/C22H30.C19H22/c1-9-18(21(3,4)5)13-16-12-17-14-19(22(6,7)8)10-11-20(17)15(16)2;1-2-3-4-5-8-15-11-12-19-17(13-15)14-16-9-6-7-10-18(16)19/h9-11,13-14H,1,12H2,2-8H3;6-7,9-13H,2-5,8,14H2,1H3/b18-13+;. The second kappa shape index (κ2) is 12.8. The molecule has 0 heterocycles. The molecule has 0 unspecified atom stereocenters. The first-order valence-corrected chi connectivity index (χ1v) is 15.8. The van der Waals surface area contributed by atoms with Gasteiger partial charge in [0.25, 0.3) is 0 Å². The Kier molecular flexibility index (Phi) is 9.63. The average Bonchev–Trinajstić information content (AvgIpc) is 3.45. The summed E-state index contributed by atoms with van der Waals surface area (Å²) in [7, 11) is 0. The highest BCUT2D eigenvalue weighted by molar-refractivity contribution is 5.78. The largest absolute Gasteiger partial charge is 0.0988 e. The molecule has 0 N–H and O–H groups in total. The van der Waals surface area contributed by atoms with Crippen LogP contribution in [0.5, 0.6) is 0 Å². The van der Waals surface area contributed by atoms with Crippen LogP contribution >= 0.6 is 0 Å². The zero-order valence-electron chi connectivity index (χ0n) is 27.1. The number of benzene rings is 3. The molecule has 0 atom stereocenters. The fourth-order valence-corrected chi connectivity index (χ4v) is 6.12. The topological polar surface area (TPSA) is 0 Å². The summed E-state index contributed by atoms with van der Waals surface area (Å²) in [4.78, 5) is 0. The summed E-state index contributed by atoms with van der Waals surface area (Å²) in [6.45, 7) is 22.1. The molecule has 5 rings (SSSR count). The molecule has 0 nitrogen and oxygen atoms in total. The highest BCUT2D eigenvalue weighted by Crippen LogP contribution is 2.39. The van der Waals surface area contributed by atoms with Crippen LogP contribution in [0.4, 0.5) is 0 Å². The molecule has 0 aromatic heterocycles. The smallest absolute Gasteiger partial charge is 0.00134 e. The van der Waals surface area contributed by atoms with E-state index in [0.717, 1.165) is 12.8 Å². The van der Waals surface area contributed by atoms with E-state index in [2.05, 4.69) is 129 Å². The third-order valence-electron chi connectivity index (χ3n) is 8.83. The van der Waals surface area contributed by atoms with Gasteiger partial charge in [-0.3, -0.25) is 0 Å². The minimum atomic E-state index is 0.139. The number of rotatable bonds is 7. The van der Waals surface area contributed by atoms with Gasteiger partial charge in [-0.05, 0) is 105 Å². The van der Waals surface area contributed by atoms with E-state index >= 15 is 0 Å². The molecule has 0 fully saturated rings. The minimum absolute atomic E-state index is 0.139. The van der Waals surface area contributed by atoms with Crippen LogP contribution in [0.2, 0.25) is 0 Å². The zero-order chi connectivity index (χ0) is 29.8. The van der Waals surface area contributed by atoms with Gasteiger partial charge < -0.3 is 0 Å². The van der Waals surface area contributed by atoms with Crippen LogP contribution in [0.3, 0.4) is 0 Å². The van der Waals surface area contributed by atoms with E-state index in [1.165, 1.54) is 93.3 Å². The summed E-state index contributed by atoms with van der Waals surface area (Å²) >= 11 is 0. The molecule has 2 aliphatic carbocycles. The van der Waals surface area contributed by atoms with Crippen LogP contribution in [0.15, 0.2) is 90.5 Å². The lowest BCUT2D eigenvalue weighted by Crippen LogP contribution is -2.11. The van der Waals surface area contributed by atoms with Crippen LogP contribution in [0.1, 0.15) is 114 Å². The van der Waals surface area contributed by atoms with Gasteiger partial charge in [0.05, 0.1) is 0 Å². The van der Waals surface area contributed by atoms with Crippen LogP contribution in [-0.2, 0) is 24.7 Å². The predicted octanol–water partition coefficient (Wildman–Crippen LogP) is 11.9. The van der Waals surface area contributed by atoms with E-state index in [1.54, 1.807) is 0 Å². The molecule has 0 heteroatoms. The molecule has 216 valence electrons. The normalized spacial score (nSPS) is 14.3. The molecule has 0 amide bonds. The van der Waals surface area contributed by atoms with Crippen LogP contribution in [-0.4, -0.2) is 0 Å². The molecule has 41 heavy (non-hydrogen) atoms. The van der Waals surface area contributed by atoms with Crippen molar-refractivity contribution in [1.29, 1.82) is 0 Å². The molecule has 0 saturated carbocycles. The molecule has 0 aliphatic heterocycles. The van der Waals surface area contributed by atoms with Crippen molar-refractivity contribution in [3.63, 3.8) is 0 Å². The Morgan fingerprint density at radius 1 is 0.756 bits per heavy atom. The van der Waals surface area contributed by atoms with Crippen molar-refractivity contribution >= 4 is 5.57 Å². The van der Waals surface area contributed by atoms with Crippen LogP contribution < -0.4 is 0 Å². The Labute approximate surface area is 251 Å². The van der Waals surface area contributed by atoms with Crippen LogP contribution in [0.25, 0.3) is 16.7 Å². The van der Waals surface area contributed by atoms with E-state index < -0.39 is 0 Å². The summed E-state index contributed by atoms with van der Waals surface area (Å²) < 4.78 is 0. The molecule has 3 aromatic carbocycles. The Morgan fingerprint density at radius 2 is 1.44 bits per heavy atom. The molecule has 0 radical (unpaired) electrons. The fraction of sp³-hybridized carbons (Fsp3) is 0.415. The lowest BCUT2D eigenvalue weighted by molar-refractivity contribution is 0.517. The van der Waals surface area contributed by atoms with Gasteiger partial charge in [-0.1, -0.05) is 147 Å². The second-order valence-electron chi connectivity index (χ2n) is 14.1. The SMILES string of the molecule is C=C/C(=C\C1=C(C)c2ccc(C(C)(C)C)cc2C1)C(C)(C)C.CCCCCCc1ccc2c(c1)Cc1ccccc1-2. The van der Waals surface area contributed by atoms with Gasteiger partial charge in [0.2, 0.25) is 0 Å². The summed E-state index contributed by atoms with van der Waals surface area (Å²) in [5.74, 6) is 0. The van der Waals surface area contributed by atoms with Crippen LogP contribution in [0, 0.1) is 5.41 Å². The number of hydrogen-bond acceptors (Lipinski definition) is 0. The van der Waals surface area contributed by atoms with E-state index in [4.69, 9.17) is 0 Å². The van der Waals surface area contributed by atoms with Crippen molar-refractivity contribution in [3.05, 3.63) is 124 Å². The summed E-state index contributed by atoms with van der Waals surface area (Å²) in [6.07, 6.45) is 13.1. The second-order valence-corrected chi connectivity index (χ2v) is 14.1. The van der Waals surface area contributed by atoms with E-state index in [1.807, 2.05) is 6.08 Å². The number of unbranched alkanes of at least 4 members (excludes halogenated alkanes) is 3. The number of fused-ring (bicyclic) bond motifs is 4. The lowest BCUT2D eigenvalue weighted by atomic mass is 9.84. The van der Waals surface area contributed by atoms with Crippen molar-refractivity contribution in [2.24, 2.45) is 5.41 Å². The molecule has 0 bridgehead atoms. The first kappa shape index (κ1) is 30.8. The van der Waals surface area contributed by atoms with Gasteiger partial charge in [0, 0.05) is 0 Å². The summed E-state index contributed by atoms with van der Waals surface area (Å²) in [6, 6.07) is 22.9. The Balaban J connectivity index is 0.000000191. The molecular formula is C41H52. The van der Waals surface area contributed by atoms with Crippen molar-refractivity contribution in [2.45, 2.75) is 106 Å². The maximum atomic E-state index is 4.00. The lowest BCUT2D eigenvalue weighted by Gasteiger charge is -2.20. The van der Waals surface area contributed by atoms with E-state index in [-0.39, 0.29) is 10.8 Å². The molecule has 0 spiro atoms. The first-order chi connectivity index (χ1) is 19.4. The van der Waals surface area contributed by atoms with Gasteiger partial charge in [0.1, 0.15) is 0 Å². The van der Waals surface area contributed by atoms with Gasteiger partial charge >= 0.3 is 0 Å². The van der Waals surface area contributed by atoms with Crippen molar-refractivity contribution in [2.75, 3.05) is 0 Å². The highest BCUT2D eigenvalue weighted by Gasteiger charge is 2.23. The maximum Gasteiger partial charge on any atom is -0.00134 e. The van der Waals surface area contributed by atoms with Crippen molar-refractivity contribution < 1.29 is 0 Å². The predicted molar refractivity (Wildman–Crippen MR) is 182 cm³/mol. The maximum absolute atomic E-state index is 4.00. The molecule has 3 aromatic rings. The quantitative estimate of drug-likeness (QED) is 0.160. The number of hydrogen-bond donors (Lipinski definition) is 0. The van der Waals surface area contributed by atoms with Crippen molar-refractivity contribution in [1.82, 2.24) is 0 Å². The molecule has 0 saturated heterocycles. The monoisotopic (exact) mass is 544 g/mol. The first-order valence-electron chi connectivity index (χ1n) is 15.8. The van der Waals surface area contributed by atoms with Gasteiger partial charge in [-0.25, -0.2) is 0 Å². The summed E-state index contributed by atoms with van der Waals surface area (Å²) in [5.41, 5.74) is 16.2. The Morgan fingerprint density at radius 3 is 2.12 bits per heavy atom. The highest BCUT2D eigenvalue weighted by atomic mass is 14.3. The number of aryl methyl sites for hydroxylation is 1. The van der Waals surface area contributed by atoms with E-state index in [0.29, 0.717) is 0 Å². The van der Waals surface area contributed by atoms with Gasteiger partial charge in [0.15, 0.2) is 0 Å². The third-order valence-corrected chi connectivity index (χ3v) is 8.83. The van der Waals surface area contributed by atoms with Gasteiger partial charge in [-0.15, -0.1) is 0 Å². The molecular weight excluding hydrogens is 492 g/mol. The molecule has 2 aliphatic rings. The summed E-state index contributed by atoms with van der Waals surface area (Å²) in [5, 5.41) is 0. The third kappa shape index (κ3) is 7.40.